The van der Waals surface area contributed by atoms with E-state index in [9.17, 15) is 14.7 Å². The first-order valence-corrected chi connectivity index (χ1v) is 16.7. The number of nitrogens with zero attached hydrogens (tertiary/aromatic N) is 1. The number of ether oxygens (including phenoxy) is 2. The molecule has 246 valence electrons. The number of carbonyl (C=O) groups is 2. The number of amides is 2. The molecule has 0 radical (unpaired) electrons. The number of nitrogens with two attached hydrogens (primary N) is 1. The van der Waals surface area contributed by atoms with Gasteiger partial charge in [-0.3, -0.25) is 9.59 Å². The minimum atomic E-state index is -0.529. The second kappa shape index (κ2) is 17.2. The minimum Gasteiger partial charge on any atom is -0.397 e. The van der Waals surface area contributed by atoms with Gasteiger partial charge in [0.2, 0.25) is 11.8 Å². The van der Waals surface area contributed by atoms with E-state index in [1.807, 2.05) is 60.7 Å². The number of para-hydroxylation sites is 2. The van der Waals surface area contributed by atoms with E-state index in [4.69, 9.17) is 15.2 Å². The summed E-state index contributed by atoms with van der Waals surface area (Å²) in [5.74, 6) is -0.208. The number of aliphatic hydroxyl groups is 1. The van der Waals surface area contributed by atoms with Gasteiger partial charge in [0.15, 0.2) is 6.29 Å². The van der Waals surface area contributed by atoms with Gasteiger partial charge >= 0.3 is 0 Å². The fraction of sp³-hybridized carbons (Fsp3) is 0.459. The number of unbranched alkanes of at least 4 members (excludes halogenated alkanes) is 1. The Hall–Kier alpha value is -3.76. The van der Waals surface area contributed by atoms with Gasteiger partial charge in [-0.15, -0.1) is 0 Å². The van der Waals surface area contributed by atoms with Crippen LogP contribution in [0.4, 0.5) is 17.1 Å². The van der Waals surface area contributed by atoms with Crippen molar-refractivity contribution in [1.29, 1.82) is 0 Å². The van der Waals surface area contributed by atoms with Crippen molar-refractivity contribution in [3.63, 3.8) is 0 Å². The zero-order valence-corrected chi connectivity index (χ0v) is 26.7. The molecule has 5 rings (SSSR count). The zero-order valence-electron chi connectivity index (χ0n) is 26.7. The summed E-state index contributed by atoms with van der Waals surface area (Å²) in [4.78, 5) is 27.4. The topological polar surface area (TPSA) is 126 Å². The first kappa shape index (κ1) is 33.6. The third-order valence-electron chi connectivity index (χ3n) is 8.78. The summed E-state index contributed by atoms with van der Waals surface area (Å²) < 4.78 is 13.1. The van der Waals surface area contributed by atoms with Crippen LogP contribution in [0.5, 0.6) is 0 Å². The minimum absolute atomic E-state index is 0.0137. The van der Waals surface area contributed by atoms with Crippen LogP contribution in [0.1, 0.15) is 93.3 Å². The Morgan fingerprint density at radius 2 is 1.41 bits per heavy atom. The van der Waals surface area contributed by atoms with E-state index in [-0.39, 0.29) is 30.6 Å². The number of benzene rings is 3. The largest absolute Gasteiger partial charge is 0.397 e. The summed E-state index contributed by atoms with van der Waals surface area (Å²) in [7, 11) is 0. The van der Waals surface area contributed by atoms with Crippen LogP contribution in [-0.4, -0.2) is 47.6 Å². The van der Waals surface area contributed by atoms with Gasteiger partial charge in [0.25, 0.3) is 0 Å². The lowest BCUT2D eigenvalue weighted by Gasteiger charge is -2.38. The van der Waals surface area contributed by atoms with Crippen LogP contribution >= 0.6 is 0 Å². The molecule has 2 fully saturated rings. The third kappa shape index (κ3) is 10.1. The van der Waals surface area contributed by atoms with E-state index < -0.39 is 6.29 Å². The predicted molar refractivity (Wildman–Crippen MR) is 181 cm³/mol. The molecule has 2 aliphatic heterocycles. The maximum atomic E-state index is 12.6. The van der Waals surface area contributed by atoms with Gasteiger partial charge in [-0.25, -0.2) is 0 Å². The normalized spacial score (nSPS) is 20.8. The number of hydrogen-bond acceptors (Lipinski definition) is 7. The van der Waals surface area contributed by atoms with Crippen LogP contribution in [0.3, 0.4) is 0 Å². The summed E-state index contributed by atoms with van der Waals surface area (Å²) in [6.45, 7) is 3.10. The number of hydrogen-bond donors (Lipinski definition) is 4. The van der Waals surface area contributed by atoms with E-state index >= 15 is 0 Å². The highest BCUT2D eigenvalue weighted by Crippen LogP contribution is 2.38. The van der Waals surface area contributed by atoms with Crippen molar-refractivity contribution in [2.24, 2.45) is 0 Å². The molecule has 2 saturated heterocycles. The Kier molecular flexibility index (Phi) is 12.6. The molecule has 9 heteroatoms. The number of nitrogen functional groups attached to an aromatic ring is 1. The monoisotopic (exact) mass is 628 g/mol. The lowest BCUT2D eigenvalue weighted by atomic mass is 9.99. The van der Waals surface area contributed by atoms with Gasteiger partial charge in [0.05, 0.1) is 30.2 Å². The SMILES string of the molecule is Nc1ccccc1NC(=O)CCCCC(=O)Nc1ccc(C2OC(CN3CCCCCCC3)CC(c3ccc(CO)cc3)O2)cc1. The van der Waals surface area contributed by atoms with Crippen LogP contribution < -0.4 is 16.4 Å². The van der Waals surface area contributed by atoms with Crippen molar-refractivity contribution < 1.29 is 24.2 Å². The lowest BCUT2D eigenvalue weighted by Crippen LogP contribution is -2.40. The number of anilines is 3. The zero-order chi connectivity index (χ0) is 32.1. The molecule has 3 aromatic rings. The molecule has 0 bridgehead atoms. The van der Waals surface area contributed by atoms with Crippen LogP contribution in [0, 0.1) is 0 Å². The summed E-state index contributed by atoms with van der Waals surface area (Å²) in [6.07, 6.45) is 8.34. The summed E-state index contributed by atoms with van der Waals surface area (Å²) in [6, 6.07) is 22.8. The van der Waals surface area contributed by atoms with Gasteiger partial charge < -0.3 is 35.8 Å². The van der Waals surface area contributed by atoms with Gasteiger partial charge in [0, 0.05) is 37.1 Å². The summed E-state index contributed by atoms with van der Waals surface area (Å²) in [5, 5.41) is 15.3. The average molecular weight is 629 g/mol. The molecular weight excluding hydrogens is 580 g/mol. The Labute approximate surface area is 272 Å². The van der Waals surface area contributed by atoms with E-state index in [1.54, 1.807) is 12.1 Å². The molecule has 0 saturated carbocycles. The van der Waals surface area contributed by atoms with E-state index in [1.165, 1.54) is 32.1 Å². The second-order valence-electron chi connectivity index (χ2n) is 12.4. The highest BCUT2D eigenvalue weighted by Gasteiger charge is 2.33. The second-order valence-corrected chi connectivity index (χ2v) is 12.4. The molecule has 2 amide bonds. The number of carbonyl (C=O) groups excluding carboxylic acids is 2. The Morgan fingerprint density at radius 1 is 0.783 bits per heavy atom. The number of nitrogens with one attached hydrogen (secondary N) is 2. The number of rotatable bonds is 12. The molecule has 2 heterocycles. The Morgan fingerprint density at radius 3 is 2.09 bits per heavy atom. The van der Waals surface area contributed by atoms with Crippen LogP contribution in [-0.2, 0) is 25.7 Å². The maximum absolute atomic E-state index is 12.6. The summed E-state index contributed by atoms with van der Waals surface area (Å²) in [5.41, 5.74) is 10.6. The van der Waals surface area contributed by atoms with Crippen molar-refractivity contribution in [2.45, 2.75) is 89.3 Å². The molecule has 3 aromatic carbocycles. The van der Waals surface area contributed by atoms with E-state index in [2.05, 4.69) is 15.5 Å². The standard InChI is InChI=1S/C37H48N4O5/c38-32-10-4-5-11-33(32)40-36(44)13-7-6-12-35(43)39-30-20-18-29(19-21-30)37-45-31(25-41-22-8-2-1-3-9-23-41)24-34(46-37)28-16-14-27(26-42)15-17-28/h4-5,10-11,14-21,31,34,37,42H,1-3,6-9,12-13,22-26,38H2,(H,39,43)(H,40,44). The quantitative estimate of drug-likeness (QED) is 0.130. The molecule has 0 spiro atoms. The van der Waals surface area contributed by atoms with Crippen molar-refractivity contribution >= 4 is 28.9 Å². The molecule has 2 aliphatic rings. The smallest absolute Gasteiger partial charge is 0.224 e. The fourth-order valence-electron chi connectivity index (χ4n) is 6.16. The Bertz CT molecular complexity index is 1390. The number of likely N-dealkylation sites (tertiary alicyclic amines) is 1. The van der Waals surface area contributed by atoms with Gasteiger partial charge in [-0.2, -0.15) is 0 Å². The van der Waals surface area contributed by atoms with E-state index in [0.717, 1.165) is 42.7 Å². The van der Waals surface area contributed by atoms with Gasteiger partial charge in [-0.1, -0.05) is 67.8 Å². The Balaban J connectivity index is 1.14. The van der Waals surface area contributed by atoms with Gasteiger partial charge in [-0.05, 0) is 74.2 Å². The van der Waals surface area contributed by atoms with Crippen molar-refractivity contribution in [2.75, 3.05) is 36.0 Å². The molecule has 0 aliphatic carbocycles. The highest BCUT2D eigenvalue weighted by atomic mass is 16.7. The molecule has 3 unspecified atom stereocenters. The molecule has 0 aromatic heterocycles. The first-order valence-electron chi connectivity index (χ1n) is 16.7. The molecule has 5 N–H and O–H groups in total. The summed E-state index contributed by atoms with van der Waals surface area (Å²) >= 11 is 0. The third-order valence-corrected chi connectivity index (χ3v) is 8.78. The van der Waals surface area contributed by atoms with Gasteiger partial charge in [0.1, 0.15) is 0 Å². The van der Waals surface area contributed by atoms with Crippen molar-refractivity contribution in [3.05, 3.63) is 89.5 Å². The molecular formula is C37H48N4O5. The highest BCUT2D eigenvalue weighted by molar-refractivity contribution is 5.94. The van der Waals surface area contributed by atoms with Crippen molar-refractivity contribution in [1.82, 2.24) is 4.90 Å². The molecule has 46 heavy (non-hydrogen) atoms. The number of aliphatic hydroxyl groups excluding tert-OH is 1. The van der Waals surface area contributed by atoms with Crippen LogP contribution in [0.15, 0.2) is 72.8 Å². The fourth-order valence-corrected chi connectivity index (χ4v) is 6.16. The first-order chi connectivity index (χ1) is 22.5. The van der Waals surface area contributed by atoms with E-state index in [0.29, 0.717) is 42.7 Å². The average Bonchev–Trinajstić information content (AvgIpc) is 3.05. The lowest BCUT2D eigenvalue weighted by molar-refractivity contribution is -0.253. The predicted octanol–water partition coefficient (Wildman–Crippen LogP) is 6.71. The van der Waals surface area contributed by atoms with Crippen LogP contribution in [0.2, 0.25) is 0 Å². The maximum Gasteiger partial charge on any atom is 0.224 e. The van der Waals surface area contributed by atoms with Crippen LogP contribution in [0.25, 0.3) is 0 Å². The van der Waals surface area contributed by atoms with Crippen molar-refractivity contribution in [3.8, 4) is 0 Å². The molecule has 9 nitrogen and oxygen atoms in total. The molecule has 3 atom stereocenters.